The van der Waals surface area contributed by atoms with Crippen LogP contribution in [0.5, 0.6) is 0 Å². The largest absolute Gasteiger partial charge is 0.331 e. The lowest BCUT2D eigenvalue weighted by Gasteiger charge is -2.22. The van der Waals surface area contributed by atoms with Crippen molar-refractivity contribution in [3.63, 3.8) is 0 Å². The average Bonchev–Trinajstić information content (AvgIpc) is 2.89. The fourth-order valence-electron chi connectivity index (χ4n) is 3.15. The smallest absolute Gasteiger partial charge is 0.168 e. The summed E-state index contributed by atoms with van der Waals surface area (Å²) in [5.41, 5.74) is 3.86. The summed E-state index contributed by atoms with van der Waals surface area (Å²) in [5, 5.41) is 0. The van der Waals surface area contributed by atoms with Crippen molar-refractivity contribution in [2.75, 3.05) is 0 Å². The number of carbonyl (C=O) groups is 1. The Bertz CT molecular complexity index is 592. The lowest BCUT2D eigenvalue weighted by Crippen LogP contribution is -2.04. The van der Waals surface area contributed by atoms with E-state index in [2.05, 4.69) is 29.2 Å². The third-order valence-electron chi connectivity index (χ3n) is 4.35. The molecule has 0 unspecified atom stereocenters. The summed E-state index contributed by atoms with van der Waals surface area (Å²) >= 11 is 0. The number of nitrogens with zero attached hydrogens (tertiary/aromatic N) is 2. The van der Waals surface area contributed by atoms with Gasteiger partial charge in [0.1, 0.15) is 5.69 Å². The molecule has 104 valence electrons. The summed E-state index contributed by atoms with van der Waals surface area (Å²) in [6, 6.07) is 8.60. The zero-order valence-electron chi connectivity index (χ0n) is 11.9. The average molecular weight is 268 g/mol. The Morgan fingerprint density at radius 2 is 1.85 bits per heavy atom. The predicted molar refractivity (Wildman–Crippen MR) is 79.9 cm³/mol. The first-order valence-corrected chi connectivity index (χ1v) is 7.36. The lowest BCUT2D eigenvalue weighted by molar-refractivity contribution is 0.111. The highest BCUT2D eigenvalue weighted by Gasteiger charge is 2.16. The molecule has 0 radical (unpaired) electrons. The molecular weight excluding hydrogens is 248 g/mol. The predicted octanol–water partition coefficient (Wildman–Crippen LogP) is 3.95. The van der Waals surface area contributed by atoms with Crippen LogP contribution in [-0.2, 0) is 7.05 Å². The molecule has 1 aromatic carbocycles. The number of imidazole rings is 1. The molecule has 0 N–H and O–H groups in total. The van der Waals surface area contributed by atoms with Crippen LogP contribution in [0.25, 0.3) is 11.3 Å². The fourth-order valence-corrected chi connectivity index (χ4v) is 3.15. The van der Waals surface area contributed by atoms with Gasteiger partial charge in [-0.2, -0.15) is 0 Å². The molecule has 3 heteroatoms. The Morgan fingerprint density at radius 1 is 1.15 bits per heavy atom. The molecule has 0 aliphatic heterocycles. The third-order valence-corrected chi connectivity index (χ3v) is 4.35. The van der Waals surface area contributed by atoms with Crippen molar-refractivity contribution in [1.82, 2.24) is 9.55 Å². The molecule has 0 saturated heterocycles. The van der Waals surface area contributed by atoms with Gasteiger partial charge in [-0.3, -0.25) is 4.79 Å². The van der Waals surface area contributed by atoms with Gasteiger partial charge in [0.15, 0.2) is 6.29 Å². The van der Waals surface area contributed by atoms with Gasteiger partial charge in [-0.1, -0.05) is 43.5 Å². The molecule has 0 bridgehead atoms. The SMILES string of the molecule is Cn1cnc(-c2ccc(C3CCCCC3)cc2)c1C=O. The summed E-state index contributed by atoms with van der Waals surface area (Å²) in [4.78, 5) is 15.5. The van der Waals surface area contributed by atoms with Crippen LogP contribution in [0.1, 0.15) is 54.1 Å². The van der Waals surface area contributed by atoms with Gasteiger partial charge >= 0.3 is 0 Å². The van der Waals surface area contributed by atoms with Crippen LogP contribution in [0.3, 0.4) is 0 Å². The molecule has 0 atom stereocenters. The molecular formula is C17H20N2O. The lowest BCUT2D eigenvalue weighted by atomic mass is 9.84. The van der Waals surface area contributed by atoms with E-state index in [9.17, 15) is 4.79 Å². The van der Waals surface area contributed by atoms with Crippen LogP contribution in [0.15, 0.2) is 30.6 Å². The maximum atomic E-state index is 11.1. The summed E-state index contributed by atoms with van der Waals surface area (Å²) in [5.74, 6) is 0.715. The van der Waals surface area contributed by atoms with Crippen molar-refractivity contribution < 1.29 is 4.79 Å². The van der Waals surface area contributed by atoms with E-state index in [4.69, 9.17) is 0 Å². The zero-order valence-corrected chi connectivity index (χ0v) is 11.9. The maximum Gasteiger partial charge on any atom is 0.168 e. The number of benzene rings is 1. The minimum atomic E-state index is 0.635. The number of aromatic nitrogens is 2. The highest BCUT2D eigenvalue weighted by atomic mass is 16.1. The van der Waals surface area contributed by atoms with Gasteiger partial charge < -0.3 is 4.57 Å². The number of carbonyl (C=O) groups excluding carboxylic acids is 1. The van der Waals surface area contributed by atoms with Gasteiger partial charge in [-0.05, 0) is 24.3 Å². The molecule has 1 fully saturated rings. The van der Waals surface area contributed by atoms with Gasteiger partial charge in [0.25, 0.3) is 0 Å². The fraction of sp³-hybridized carbons (Fsp3) is 0.412. The van der Waals surface area contributed by atoms with Crippen LogP contribution in [0.4, 0.5) is 0 Å². The standard InChI is InChI=1S/C17H20N2O/c1-19-12-18-17(16(19)11-20)15-9-7-14(8-10-15)13-5-3-2-4-6-13/h7-13H,2-6H2,1H3. The van der Waals surface area contributed by atoms with E-state index in [1.165, 1.54) is 37.7 Å². The molecule has 2 aromatic rings. The summed E-state index contributed by atoms with van der Waals surface area (Å²) in [6.07, 6.45) is 9.26. The Hall–Kier alpha value is -1.90. The molecule has 1 saturated carbocycles. The van der Waals surface area contributed by atoms with Crippen LogP contribution in [-0.4, -0.2) is 15.8 Å². The van der Waals surface area contributed by atoms with E-state index in [0.717, 1.165) is 17.5 Å². The number of aldehydes is 1. The van der Waals surface area contributed by atoms with E-state index in [-0.39, 0.29) is 0 Å². The number of hydrogen-bond acceptors (Lipinski definition) is 2. The minimum absolute atomic E-state index is 0.635. The zero-order chi connectivity index (χ0) is 13.9. The highest BCUT2D eigenvalue weighted by molar-refractivity contribution is 5.83. The van der Waals surface area contributed by atoms with Crippen molar-refractivity contribution in [1.29, 1.82) is 0 Å². The second-order valence-electron chi connectivity index (χ2n) is 5.66. The normalized spacial score (nSPS) is 16.2. The Labute approximate surface area is 119 Å². The monoisotopic (exact) mass is 268 g/mol. The van der Waals surface area contributed by atoms with Crippen molar-refractivity contribution in [3.05, 3.63) is 41.9 Å². The van der Waals surface area contributed by atoms with Crippen molar-refractivity contribution >= 4 is 6.29 Å². The molecule has 0 amide bonds. The quantitative estimate of drug-likeness (QED) is 0.790. The second-order valence-corrected chi connectivity index (χ2v) is 5.66. The van der Waals surface area contributed by atoms with Crippen LogP contribution < -0.4 is 0 Å². The molecule has 0 spiro atoms. The summed E-state index contributed by atoms with van der Waals surface area (Å²) in [7, 11) is 1.84. The first-order valence-electron chi connectivity index (χ1n) is 7.36. The number of hydrogen-bond donors (Lipinski definition) is 0. The van der Waals surface area contributed by atoms with E-state index < -0.39 is 0 Å². The maximum absolute atomic E-state index is 11.1. The molecule has 3 rings (SSSR count). The summed E-state index contributed by atoms with van der Waals surface area (Å²) < 4.78 is 1.76. The Morgan fingerprint density at radius 3 is 2.50 bits per heavy atom. The van der Waals surface area contributed by atoms with Crippen LogP contribution in [0.2, 0.25) is 0 Å². The van der Waals surface area contributed by atoms with Gasteiger partial charge in [-0.15, -0.1) is 0 Å². The van der Waals surface area contributed by atoms with E-state index in [1.807, 2.05) is 7.05 Å². The first-order chi connectivity index (χ1) is 9.79. The van der Waals surface area contributed by atoms with Crippen LogP contribution in [0, 0.1) is 0 Å². The Kier molecular flexibility index (Phi) is 3.68. The molecule has 20 heavy (non-hydrogen) atoms. The van der Waals surface area contributed by atoms with E-state index in [0.29, 0.717) is 11.6 Å². The van der Waals surface area contributed by atoms with Crippen molar-refractivity contribution in [2.24, 2.45) is 7.05 Å². The molecule has 1 aliphatic rings. The van der Waals surface area contributed by atoms with Gasteiger partial charge in [0.2, 0.25) is 0 Å². The Balaban J connectivity index is 1.87. The van der Waals surface area contributed by atoms with Gasteiger partial charge in [0, 0.05) is 12.6 Å². The minimum Gasteiger partial charge on any atom is -0.331 e. The van der Waals surface area contributed by atoms with Gasteiger partial charge in [-0.25, -0.2) is 4.98 Å². The number of rotatable bonds is 3. The van der Waals surface area contributed by atoms with Crippen LogP contribution >= 0.6 is 0 Å². The molecule has 1 heterocycles. The van der Waals surface area contributed by atoms with Gasteiger partial charge in [0.05, 0.1) is 12.0 Å². The van der Waals surface area contributed by atoms with Crippen molar-refractivity contribution in [3.8, 4) is 11.3 Å². The number of aryl methyl sites for hydroxylation is 1. The summed E-state index contributed by atoms with van der Waals surface area (Å²) in [6.45, 7) is 0. The molecule has 1 aliphatic carbocycles. The van der Waals surface area contributed by atoms with Crippen molar-refractivity contribution in [2.45, 2.75) is 38.0 Å². The van der Waals surface area contributed by atoms with E-state index >= 15 is 0 Å². The first kappa shape index (κ1) is 13.1. The highest BCUT2D eigenvalue weighted by Crippen LogP contribution is 2.33. The topological polar surface area (TPSA) is 34.9 Å². The molecule has 1 aromatic heterocycles. The van der Waals surface area contributed by atoms with E-state index in [1.54, 1.807) is 10.9 Å². The second kappa shape index (κ2) is 5.61. The third kappa shape index (κ3) is 2.40. The molecule has 3 nitrogen and oxygen atoms in total.